The Bertz CT molecular complexity index is 478. The lowest BCUT2D eigenvalue weighted by atomic mass is 10.3. The van der Waals surface area contributed by atoms with Crippen molar-refractivity contribution in [1.82, 2.24) is 10.2 Å². The third-order valence-corrected chi connectivity index (χ3v) is 1.92. The van der Waals surface area contributed by atoms with Gasteiger partial charge in [-0.15, -0.1) is 0 Å². The summed E-state index contributed by atoms with van der Waals surface area (Å²) in [6, 6.07) is 7.74. The average Bonchev–Trinajstić information content (AvgIpc) is 2.66. The number of nitrogens with two attached hydrogens (primary N) is 1. The molecule has 0 spiro atoms. The summed E-state index contributed by atoms with van der Waals surface area (Å²) in [5, 5.41) is 10.2. The van der Waals surface area contributed by atoms with Crippen LogP contribution in [0.1, 0.15) is 13.8 Å². The quantitative estimate of drug-likeness (QED) is 0.843. The molecule has 1 aromatic carbocycles. The molecule has 0 unspecified atom stereocenters. The van der Waals surface area contributed by atoms with E-state index in [4.69, 9.17) is 14.9 Å². The second kappa shape index (κ2) is 4.73. The molecule has 0 aliphatic carbocycles. The number of benzene rings is 1. The van der Waals surface area contributed by atoms with Gasteiger partial charge in [-0.2, -0.15) is 0 Å². The monoisotopic (exact) mass is 234 g/mol. The molecule has 0 aliphatic heterocycles. The number of hydrogen-bond acceptors (Lipinski definition) is 6. The number of rotatable bonds is 4. The number of nitrogens with zero attached hydrogens (tertiary/aromatic N) is 2. The largest absolute Gasteiger partial charge is 0.491 e. The van der Waals surface area contributed by atoms with Gasteiger partial charge in [0.25, 0.3) is 0 Å². The molecule has 6 heteroatoms. The van der Waals surface area contributed by atoms with Gasteiger partial charge >= 0.3 is 12.0 Å². The Morgan fingerprint density at radius 3 is 2.47 bits per heavy atom. The standard InChI is InChI=1S/C11H14N4O2/c1-7(2)16-9-5-3-8(4-6-9)13-11-15-14-10(12)17-11/h3-7H,1-2H3,(H2,12,14)(H,13,15). The van der Waals surface area contributed by atoms with Crippen LogP contribution in [0.5, 0.6) is 5.75 Å². The molecule has 1 aromatic heterocycles. The summed E-state index contributed by atoms with van der Waals surface area (Å²) >= 11 is 0. The lowest BCUT2D eigenvalue weighted by Crippen LogP contribution is -2.05. The molecular weight excluding hydrogens is 220 g/mol. The summed E-state index contributed by atoms with van der Waals surface area (Å²) < 4.78 is 10.5. The maximum absolute atomic E-state index is 5.52. The number of hydrogen-bond donors (Lipinski definition) is 2. The third kappa shape index (κ3) is 3.10. The molecule has 3 N–H and O–H groups in total. The van der Waals surface area contributed by atoms with E-state index in [2.05, 4.69) is 15.5 Å². The molecule has 90 valence electrons. The summed E-state index contributed by atoms with van der Waals surface area (Å²) in [5.74, 6) is 0.815. The van der Waals surface area contributed by atoms with Gasteiger partial charge in [-0.05, 0) is 38.1 Å². The number of anilines is 3. The summed E-state index contributed by atoms with van der Waals surface area (Å²) in [6.45, 7) is 3.96. The second-order valence-corrected chi connectivity index (χ2v) is 3.76. The fourth-order valence-corrected chi connectivity index (χ4v) is 1.30. The molecular formula is C11H14N4O2. The molecule has 6 nitrogen and oxygen atoms in total. The highest BCUT2D eigenvalue weighted by Crippen LogP contribution is 2.20. The van der Waals surface area contributed by atoms with Crippen molar-refractivity contribution >= 4 is 17.7 Å². The van der Waals surface area contributed by atoms with Crippen molar-refractivity contribution < 1.29 is 9.15 Å². The zero-order valence-corrected chi connectivity index (χ0v) is 9.68. The zero-order chi connectivity index (χ0) is 12.3. The first-order valence-electron chi connectivity index (χ1n) is 5.26. The van der Waals surface area contributed by atoms with Gasteiger partial charge in [-0.1, -0.05) is 10.2 Å². The smallest absolute Gasteiger partial charge is 0.321 e. The summed E-state index contributed by atoms with van der Waals surface area (Å²) in [4.78, 5) is 0. The minimum atomic E-state index is 0.0345. The Kier molecular flexibility index (Phi) is 3.13. The van der Waals surface area contributed by atoms with Crippen molar-refractivity contribution in [3.05, 3.63) is 24.3 Å². The van der Waals surface area contributed by atoms with Crippen LogP contribution in [0, 0.1) is 0 Å². The third-order valence-electron chi connectivity index (χ3n) is 1.92. The van der Waals surface area contributed by atoms with Crippen LogP contribution in [0.3, 0.4) is 0 Å². The van der Waals surface area contributed by atoms with Crippen molar-refractivity contribution in [1.29, 1.82) is 0 Å². The minimum absolute atomic E-state index is 0.0345. The molecule has 2 rings (SSSR count). The maximum atomic E-state index is 5.52. The van der Waals surface area contributed by atoms with E-state index in [1.54, 1.807) is 0 Å². The predicted octanol–water partition coefficient (Wildman–Crippen LogP) is 2.18. The SMILES string of the molecule is CC(C)Oc1ccc(Nc2nnc(N)o2)cc1. The second-order valence-electron chi connectivity index (χ2n) is 3.76. The Hall–Kier alpha value is -2.24. The Morgan fingerprint density at radius 1 is 1.24 bits per heavy atom. The normalized spacial score (nSPS) is 10.5. The van der Waals surface area contributed by atoms with Crippen LogP contribution < -0.4 is 15.8 Å². The van der Waals surface area contributed by atoms with Gasteiger partial charge in [0.1, 0.15) is 5.75 Å². The molecule has 0 amide bonds. The molecule has 0 saturated heterocycles. The number of aromatic nitrogens is 2. The van der Waals surface area contributed by atoms with Crippen molar-refractivity contribution in [2.45, 2.75) is 20.0 Å². The fourth-order valence-electron chi connectivity index (χ4n) is 1.30. The van der Waals surface area contributed by atoms with Crippen LogP contribution in [0.2, 0.25) is 0 Å². The van der Waals surface area contributed by atoms with Crippen LogP contribution in [0.4, 0.5) is 17.7 Å². The lowest BCUT2D eigenvalue weighted by molar-refractivity contribution is 0.242. The van der Waals surface area contributed by atoms with Crippen LogP contribution in [-0.4, -0.2) is 16.3 Å². The molecule has 0 saturated carbocycles. The molecule has 0 radical (unpaired) electrons. The highest BCUT2D eigenvalue weighted by atomic mass is 16.5. The molecule has 2 aromatic rings. The van der Waals surface area contributed by atoms with Gasteiger partial charge in [0, 0.05) is 5.69 Å². The minimum Gasteiger partial charge on any atom is -0.491 e. The lowest BCUT2D eigenvalue weighted by Gasteiger charge is -2.09. The molecule has 0 fully saturated rings. The number of nitrogen functional groups attached to an aromatic ring is 1. The number of ether oxygens (including phenoxy) is 1. The summed E-state index contributed by atoms with van der Waals surface area (Å²) in [7, 11) is 0. The molecule has 0 aliphatic rings. The molecule has 1 heterocycles. The Morgan fingerprint density at radius 2 is 1.94 bits per heavy atom. The Balaban J connectivity index is 2.03. The van der Waals surface area contributed by atoms with E-state index < -0.39 is 0 Å². The predicted molar refractivity (Wildman–Crippen MR) is 64.2 cm³/mol. The van der Waals surface area contributed by atoms with Crippen LogP contribution in [-0.2, 0) is 0 Å². The van der Waals surface area contributed by atoms with Gasteiger partial charge in [-0.25, -0.2) is 0 Å². The van der Waals surface area contributed by atoms with E-state index >= 15 is 0 Å². The topological polar surface area (TPSA) is 86.2 Å². The van der Waals surface area contributed by atoms with Gasteiger partial charge in [0.05, 0.1) is 6.10 Å². The average molecular weight is 234 g/mol. The van der Waals surface area contributed by atoms with E-state index in [1.807, 2.05) is 38.1 Å². The highest BCUT2D eigenvalue weighted by molar-refractivity contribution is 5.53. The van der Waals surface area contributed by atoms with Crippen LogP contribution in [0.15, 0.2) is 28.7 Å². The van der Waals surface area contributed by atoms with E-state index in [0.717, 1.165) is 11.4 Å². The van der Waals surface area contributed by atoms with E-state index in [0.29, 0.717) is 0 Å². The summed E-state index contributed by atoms with van der Waals surface area (Å²) in [5.41, 5.74) is 6.13. The first-order valence-corrected chi connectivity index (χ1v) is 5.26. The van der Waals surface area contributed by atoms with Crippen molar-refractivity contribution in [2.24, 2.45) is 0 Å². The van der Waals surface area contributed by atoms with E-state index in [1.165, 1.54) is 0 Å². The van der Waals surface area contributed by atoms with Crippen molar-refractivity contribution in [2.75, 3.05) is 11.1 Å². The van der Waals surface area contributed by atoms with E-state index in [-0.39, 0.29) is 18.1 Å². The van der Waals surface area contributed by atoms with Crippen LogP contribution >= 0.6 is 0 Å². The van der Waals surface area contributed by atoms with Gasteiger partial charge < -0.3 is 20.2 Å². The summed E-state index contributed by atoms with van der Waals surface area (Å²) in [6.07, 6.45) is 0.157. The van der Waals surface area contributed by atoms with E-state index in [9.17, 15) is 0 Å². The highest BCUT2D eigenvalue weighted by Gasteiger charge is 2.03. The van der Waals surface area contributed by atoms with Gasteiger partial charge in [-0.3, -0.25) is 0 Å². The molecule has 17 heavy (non-hydrogen) atoms. The van der Waals surface area contributed by atoms with Crippen molar-refractivity contribution in [3.63, 3.8) is 0 Å². The fraction of sp³-hybridized carbons (Fsp3) is 0.273. The maximum Gasteiger partial charge on any atom is 0.321 e. The molecule has 0 bridgehead atoms. The number of nitrogens with one attached hydrogen (secondary N) is 1. The van der Waals surface area contributed by atoms with Gasteiger partial charge in [0.15, 0.2) is 0 Å². The van der Waals surface area contributed by atoms with Gasteiger partial charge in [0.2, 0.25) is 0 Å². The first-order chi connectivity index (χ1) is 8.13. The zero-order valence-electron chi connectivity index (χ0n) is 9.68. The van der Waals surface area contributed by atoms with Crippen molar-refractivity contribution in [3.8, 4) is 5.75 Å². The Labute approximate surface area is 98.8 Å². The van der Waals surface area contributed by atoms with Crippen LogP contribution in [0.25, 0.3) is 0 Å². The molecule has 0 atom stereocenters. The first kappa shape index (κ1) is 11.3.